The molecule has 3 amide bonds. The number of para-hydroxylation sites is 1. The Morgan fingerprint density at radius 2 is 1.74 bits per heavy atom. The van der Waals surface area contributed by atoms with Gasteiger partial charge in [-0.2, -0.15) is 0 Å². The number of hydrogen-bond donors (Lipinski definition) is 3. The number of phenols is 1. The molecule has 1 spiro atoms. The second kappa shape index (κ2) is 8.21. The van der Waals surface area contributed by atoms with Gasteiger partial charge in [-0.15, -0.1) is 0 Å². The van der Waals surface area contributed by atoms with Crippen molar-refractivity contribution in [2.24, 2.45) is 11.8 Å². The van der Waals surface area contributed by atoms with E-state index in [4.69, 9.17) is 21.1 Å². The van der Waals surface area contributed by atoms with E-state index in [9.17, 15) is 19.5 Å². The molecule has 0 bridgehead atoms. The highest BCUT2D eigenvalue weighted by Crippen LogP contribution is 2.54. The van der Waals surface area contributed by atoms with E-state index in [1.54, 1.807) is 60.7 Å². The van der Waals surface area contributed by atoms with Crippen LogP contribution < -0.4 is 20.1 Å². The standard InChI is InChI=1S/C28H22ClN3O6/c29-18-3-1-2-17-24(18)30-27(36)28(17)23-22(19(31-28)10-14-4-7-16(33)8-5-14)25(34)32(26(23)35)12-15-6-9-20-21(11-15)38-13-37-20/h1-9,11,19,22-23,31,33H,10,12-13H2,(H,30,36)/t19?,22-,23+,28?/m1/s1. The molecule has 0 saturated carbocycles. The molecule has 4 atom stereocenters. The molecule has 2 fully saturated rings. The first-order valence-electron chi connectivity index (χ1n) is 12.3. The molecular formula is C28H22ClN3O6. The molecule has 9 nitrogen and oxygen atoms in total. The minimum atomic E-state index is -1.44. The third-order valence-corrected chi connectivity index (χ3v) is 8.28. The van der Waals surface area contributed by atoms with Crippen LogP contribution in [-0.2, 0) is 32.9 Å². The molecular weight excluding hydrogens is 510 g/mol. The topological polar surface area (TPSA) is 117 Å². The van der Waals surface area contributed by atoms with Gasteiger partial charge >= 0.3 is 0 Å². The first kappa shape index (κ1) is 23.1. The van der Waals surface area contributed by atoms with E-state index >= 15 is 0 Å². The zero-order chi connectivity index (χ0) is 26.2. The number of anilines is 1. The molecule has 4 aliphatic rings. The van der Waals surface area contributed by atoms with Gasteiger partial charge in [0.15, 0.2) is 11.5 Å². The van der Waals surface area contributed by atoms with Crippen LogP contribution in [0.15, 0.2) is 60.7 Å². The van der Waals surface area contributed by atoms with Crippen LogP contribution in [0.5, 0.6) is 17.2 Å². The molecule has 3 aromatic carbocycles. The summed E-state index contributed by atoms with van der Waals surface area (Å²) in [5, 5.41) is 16.3. The van der Waals surface area contributed by atoms with E-state index in [0.29, 0.717) is 39.8 Å². The normalized spacial score (nSPS) is 26.7. The Balaban J connectivity index is 1.30. The Bertz CT molecular complexity index is 1530. The maximum absolute atomic E-state index is 14.0. The summed E-state index contributed by atoms with van der Waals surface area (Å²) in [5.41, 5.74) is 1.14. The number of nitrogens with zero attached hydrogens (tertiary/aromatic N) is 1. The number of nitrogens with one attached hydrogen (secondary N) is 2. The van der Waals surface area contributed by atoms with Gasteiger partial charge < -0.3 is 19.9 Å². The van der Waals surface area contributed by atoms with E-state index in [1.807, 2.05) is 0 Å². The average molecular weight is 532 g/mol. The van der Waals surface area contributed by atoms with Crippen LogP contribution in [0.2, 0.25) is 5.02 Å². The van der Waals surface area contributed by atoms with Crippen LogP contribution in [0.25, 0.3) is 0 Å². The highest BCUT2D eigenvalue weighted by atomic mass is 35.5. The number of amides is 3. The number of halogens is 1. The lowest BCUT2D eigenvalue weighted by atomic mass is 9.76. The van der Waals surface area contributed by atoms with Gasteiger partial charge in [-0.25, -0.2) is 0 Å². The van der Waals surface area contributed by atoms with Crippen molar-refractivity contribution >= 4 is 35.0 Å². The van der Waals surface area contributed by atoms with Gasteiger partial charge in [-0.3, -0.25) is 24.6 Å². The number of likely N-dealkylation sites (tertiary alicyclic amines) is 1. The lowest BCUT2D eigenvalue weighted by Gasteiger charge is -2.29. The molecule has 4 heterocycles. The lowest BCUT2D eigenvalue weighted by molar-refractivity contribution is -0.143. The van der Waals surface area contributed by atoms with Crippen molar-refractivity contribution in [2.75, 3.05) is 12.1 Å². The number of aromatic hydroxyl groups is 1. The fourth-order valence-corrected chi connectivity index (χ4v) is 6.51. The summed E-state index contributed by atoms with van der Waals surface area (Å²) < 4.78 is 10.8. The number of imide groups is 1. The second-order valence-electron chi connectivity index (χ2n) is 10.00. The van der Waals surface area contributed by atoms with Crippen LogP contribution in [0.1, 0.15) is 16.7 Å². The number of ether oxygens (including phenoxy) is 2. The van der Waals surface area contributed by atoms with Crippen LogP contribution in [0.3, 0.4) is 0 Å². The minimum Gasteiger partial charge on any atom is -0.508 e. The molecule has 3 N–H and O–H groups in total. The van der Waals surface area contributed by atoms with Gasteiger partial charge in [0, 0.05) is 11.6 Å². The average Bonchev–Trinajstić information content (AvgIpc) is 3.63. The second-order valence-corrected chi connectivity index (χ2v) is 10.4. The maximum Gasteiger partial charge on any atom is 0.250 e. The number of carbonyl (C=O) groups is 3. The Morgan fingerprint density at radius 1 is 0.974 bits per heavy atom. The number of fused-ring (bicyclic) bond motifs is 5. The summed E-state index contributed by atoms with van der Waals surface area (Å²) in [6.07, 6.45) is 0.378. The summed E-state index contributed by atoms with van der Waals surface area (Å²) >= 11 is 6.42. The monoisotopic (exact) mass is 531 g/mol. The summed E-state index contributed by atoms with van der Waals surface area (Å²) in [6.45, 7) is 0.169. The molecule has 10 heteroatoms. The molecule has 192 valence electrons. The zero-order valence-electron chi connectivity index (χ0n) is 19.9. The summed E-state index contributed by atoms with van der Waals surface area (Å²) in [4.78, 5) is 42.9. The Labute approximate surface area is 222 Å². The highest BCUT2D eigenvalue weighted by molar-refractivity contribution is 6.35. The van der Waals surface area contributed by atoms with Crippen molar-refractivity contribution in [1.82, 2.24) is 10.2 Å². The van der Waals surface area contributed by atoms with Gasteiger partial charge in [0.25, 0.3) is 0 Å². The molecule has 2 unspecified atom stereocenters. The number of rotatable bonds is 4. The van der Waals surface area contributed by atoms with Gasteiger partial charge in [0.1, 0.15) is 11.3 Å². The first-order chi connectivity index (χ1) is 18.4. The zero-order valence-corrected chi connectivity index (χ0v) is 20.7. The Morgan fingerprint density at radius 3 is 2.55 bits per heavy atom. The van der Waals surface area contributed by atoms with E-state index in [2.05, 4.69) is 10.6 Å². The van der Waals surface area contributed by atoms with Crippen LogP contribution in [-0.4, -0.2) is 40.6 Å². The first-order valence-corrected chi connectivity index (χ1v) is 12.6. The largest absolute Gasteiger partial charge is 0.508 e. The van der Waals surface area contributed by atoms with E-state index in [0.717, 1.165) is 5.56 Å². The van der Waals surface area contributed by atoms with E-state index < -0.39 is 35.2 Å². The van der Waals surface area contributed by atoms with Crippen LogP contribution in [0.4, 0.5) is 5.69 Å². The van der Waals surface area contributed by atoms with Crippen molar-refractivity contribution in [3.8, 4) is 17.2 Å². The number of hydrogen-bond acceptors (Lipinski definition) is 7. The van der Waals surface area contributed by atoms with Crippen molar-refractivity contribution in [3.05, 3.63) is 82.4 Å². The van der Waals surface area contributed by atoms with Gasteiger partial charge in [0.05, 0.1) is 29.1 Å². The fourth-order valence-electron chi connectivity index (χ4n) is 6.29. The minimum absolute atomic E-state index is 0.0489. The number of benzene rings is 3. The molecule has 0 aromatic heterocycles. The van der Waals surface area contributed by atoms with E-state index in [-0.39, 0.29) is 25.0 Å². The third kappa shape index (κ3) is 3.18. The van der Waals surface area contributed by atoms with Crippen molar-refractivity contribution in [3.63, 3.8) is 0 Å². The summed E-state index contributed by atoms with van der Waals surface area (Å²) in [6, 6.07) is 16.6. The smallest absolute Gasteiger partial charge is 0.250 e. The van der Waals surface area contributed by atoms with Gasteiger partial charge in [0.2, 0.25) is 24.5 Å². The summed E-state index contributed by atoms with van der Waals surface area (Å²) in [5.74, 6) is -1.60. The van der Waals surface area contributed by atoms with Gasteiger partial charge in [-0.1, -0.05) is 41.9 Å². The number of phenolic OH excluding ortho intramolecular Hbond substituents is 1. The van der Waals surface area contributed by atoms with Crippen molar-refractivity contribution < 1.29 is 29.0 Å². The SMILES string of the molecule is O=C1[C@@H]2C(Cc3ccc(O)cc3)NC3(C(=O)Nc4c(Cl)cccc43)[C@@H]2C(=O)N1Cc1ccc2c(c1)OCO2. The molecule has 0 radical (unpaired) electrons. The van der Waals surface area contributed by atoms with Gasteiger partial charge in [-0.05, 0) is 47.9 Å². The molecule has 3 aromatic rings. The molecule has 38 heavy (non-hydrogen) atoms. The highest BCUT2D eigenvalue weighted by Gasteiger charge is 2.70. The Kier molecular flexibility index (Phi) is 4.98. The molecule has 4 aliphatic heterocycles. The number of carbonyl (C=O) groups excluding carboxylic acids is 3. The molecule has 2 saturated heterocycles. The quantitative estimate of drug-likeness (QED) is 0.443. The maximum atomic E-state index is 14.0. The lowest BCUT2D eigenvalue weighted by Crippen LogP contribution is -2.53. The van der Waals surface area contributed by atoms with Crippen molar-refractivity contribution in [1.29, 1.82) is 0 Å². The van der Waals surface area contributed by atoms with Crippen LogP contribution in [0, 0.1) is 11.8 Å². The van der Waals surface area contributed by atoms with Crippen molar-refractivity contribution in [2.45, 2.75) is 24.5 Å². The summed E-state index contributed by atoms with van der Waals surface area (Å²) in [7, 11) is 0. The molecule has 7 rings (SSSR count). The predicted octanol–water partition coefficient (Wildman–Crippen LogP) is 2.94. The molecule has 0 aliphatic carbocycles. The van der Waals surface area contributed by atoms with Crippen LogP contribution >= 0.6 is 11.6 Å². The Hall–Kier alpha value is -4.08. The predicted molar refractivity (Wildman–Crippen MR) is 136 cm³/mol. The third-order valence-electron chi connectivity index (χ3n) is 7.96. The fraction of sp³-hybridized carbons (Fsp3) is 0.250. The van der Waals surface area contributed by atoms with E-state index in [1.165, 1.54) is 4.90 Å².